The number of hydrogen-bond donors (Lipinski definition) is 1. The van der Waals surface area contributed by atoms with Gasteiger partial charge in [-0.15, -0.1) is 0 Å². The van der Waals surface area contributed by atoms with E-state index in [0.717, 1.165) is 38.2 Å². The molecule has 88 valence electrons. The van der Waals surface area contributed by atoms with Crippen molar-refractivity contribution in [2.75, 3.05) is 18.9 Å². The zero-order valence-corrected chi connectivity index (χ0v) is 9.61. The first-order valence-electron chi connectivity index (χ1n) is 5.71. The lowest BCUT2D eigenvalue weighted by Crippen LogP contribution is -2.27. The molecular weight excluding hydrogens is 204 g/mol. The maximum absolute atomic E-state index is 11.7. The zero-order valence-electron chi connectivity index (χ0n) is 9.61. The second-order valence-corrected chi connectivity index (χ2v) is 4.46. The molecule has 1 aromatic heterocycles. The summed E-state index contributed by atoms with van der Waals surface area (Å²) in [4.78, 5) is 11.7. The molecule has 0 unspecified atom stereocenters. The largest absolute Gasteiger partial charge is 0.397 e. The monoisotopic (exact) mass is 222 g/mol. The number of hydrogen-bond acceptors (Lipinski definition) is 3. The molecule has 1 aliphatic heterocycles. The Morgan fingerprint density at radius 3 is 2.88 bits per heavy atom. The van der Waals surface area contributed by atoms with Crippen LogP contribution in [0.2, 0.25) is 0 Å². The van der Waals surface area contributed by atoms with Gasteiger partial charge in [-0.25, -0.2) is 0 Å². The lowest BCUT2D eigenvalue weighted by Gasteiger charge is -2.22. The molecule has 2 N–H and O–H groups in total. The Morgan fingerprint density at radius 2 is 2.19 bits per heavy atom. The van der Waals surface area contributed by atoms with E-state index in [1.807, 2.05) is 6.92 Å². The fourth-order valence-electron chi connectivity index (χ4n) is 2.03. The lowest BCUT2D eigenvalue weighted by molar-refractivity contribution is 0.0609. The van der Waals surface area contributed by atoms with E-state index in [1.165, 1.54) is 0 Å². The van der Waals surface area contributed by atoms with Gasteiger partial charge in [-0.1, -0.05) is 0 Å². The van der Waals surface area contributed by atoms with Crippen LogP contribution in [0.25, 0.3) is 0 Å². The Bertz CT molecular complexity index is 420. The Morgan fingerprint density at radius 1 is 1.50 bits per heavy atom. The molecule has 2 rings (SSSR count). The van der Waals surface area contributed by atoms with Crippen LogP contribution in [-0.4, -0.2) is 17.8 Å². The minimum Gasteiger partial charge on any atom is -0.397 e. The first-order valence-corrected chi connectivity index (χ1v) is 5.71. The fourth-order valence-corrected chi connectivity index (χ4v) is 2.03. The molecule has 0 amide bonds. The Labute approximate surface area is 95.0 Å². The van der Waals surface area contributed by atoms with E-state index in [0.29, 0.717) is 11.6 Å². The van der Waals surface area contributed by atoms with Gasteiger partial charge in [0.15, 0.2) is 0 Å². The van der Waals surface area contributed by atoms with Gasteiger partial charge in [-0.2, -0.15) is 0 Å². The topological polar surface area (TPSA) is 57.2 Å². The number of nitrogens with zero attached hydrogens (tertiary/aromatic N) is 1. The maximum Gasteiger partial charge on any atom is 0.250 e. The third kappa shape index (κ3) is 2.44. The van der Waals surface area contributed by atoms with Gasteiger partial charge in [-0.3, -0.25) is 4.79 Å². The molecule has 1 saturated heterocycles. The van der Waals surface area contributed by atoms with Crippen molar-refractivity contribution in [3.05, 3.63) is 28.2 Å². The Hall–Kier alpha value is -1.29. The van der Waals surface area contributed by atoms with E-state index in [-0.39, 0.29) is 5.56 Å². The predicted molar refractivity (Wildman–Crippen MR) is 63.4 cm³/mol. The summed E-state index contributed by atoms with van der Waals surface area (Å²) in [6.45, 7) is 4.23. The first-order chi connectivity index (χ1) is 7.66. The molecule has 1 fully saturated rings. The summed E-state index contributed by atoms with van der Waals surface area (Å²) < 4.78 is 7.02. The molecule has 1 aromatic rings. The maximum atomic E-state index is 11.7. The molecular formula is C12H18N2O2. The molecule has 16 heavy (non-hydrogen) atoms. The van der Waals surface area contributed by atoms with Crippen LogP contribution in [0.4, 0.5) is 5.69 Å². The molecule has 2 heterocycles. The SMILES string of the molecule is Cc1cc(=O)n(CC2CCOCC2)cc1N. The highest BCUT2D eigenvalue weighted by molar-refractivity contribution is 5.42. The second kappa shape index (κ2) is 4.70. The molecule has 0 aliphatic carbocycles. The fraction of sp³-hybridized carbons (Fsp3) is 0.583. The normalized spacial score (nSPS) is 17.6. The summed E-state index contributed by atoms with van der Waals surface area (Å²) in [6, 6.07) is 1.61. The number of rotatable bonds is 2. The predicted octanol–water partition coefficient (Wildman–Crippen LogP) is 1.17. The summed E-state index contributed by atoms with van der Waals surface area (Å²) in [5, 5.41) is 0. The number of pyridine rings is 1. The first kappa shape index (κ1) is 11.2. The molecule has 1 aliphatic rings. The second-order valence-electron chi connectivity index (χ2n) is 4.46. The highest BCUT2D eigenvalue weighted by Crippen LogP contribution is 2.17. The van der Waals surface area contributed by atoms with Crippen molar-refractivity contribution in [3.63, 3.8) is 0 Å². The van der Waals surface area contributed by atoms with Crippen LogP contribution >= 0.6 is 0 Å². The molecule has 0 spiro atoms. The lowest BCUT2D eigenvalue weighted by atomic mass is 10.0. The summed E-state index contributed by atoms with van der Waals surface area (Å²) in [5.74, 6) is 0.536. The number of aryl methyl sites for hydroxylation is 1. The average Bonchev–Trinajstić information content (AvgIpc) is 2.27. The molecule has 0 bridgehead atoms. The quantitative estimate of drug-likeness (QED) is 0.817. The van der Waals surface area contributed by atoms with E-state index in [2.05, 4.69) is 0 Å². The van der Waals surface area contributed by atoms with Crippen molar-refractivity contribution < 1.29 is 4.74 Å². The van der Waals surface area contributed by atoms with Crippen LogP contribution in [0.1, 0.15) is 18.4 Å². The third-order valence-electron chi connectivity index (χ3n) is 3.17. The number of ether oxygens (including phenoxy) is 1. The van der Waals surface area contributed by atoms with Gasteiger partial charge in [0, 0.05) is 32.0 Å². The van der Waals surface area contributed by atoms with Gasteiger partial charge in [0.05, 0.1) is 5.69 Å². The highest BCUT2D eigenvalue weighted by Gasteiger charge is 2.15. The Kier molecular flexibility index (Phi) is 3.29. The molecule has 0 aromatic carbocycles. The van der Waals surface area contributed by atoms with Crippen LogP contribution in [0.3, 0.4) is 0 Å². The summed E-state index contributed by atoms with van der Waals surface area (Å²) in [7, 11) is 0. The molecule has 4 heteroatoms. The van der Waals surface area contributed by atoms with E-state index in [4.69, 9.17) is 10.5 Å². The smallest absolute Gasteiger partial charge is 0.250 e. The van der Waals surface area contributed by atoms with Gasteiger partial charge >= 0.3 is 0 Å². The highest BCUT2D eigenvalue weighted by atomic mass is 16.5. The summed E-state index contributed by atoms with van der Waals surface area (Å²) in [5.41, 5.74) is 7.39. The average molecular weight is 222 g/mol. The Balaban J connectivity index is 2.14. The third-order valence-corrected chi connectivity index (χ3v) is 3.17. The molecule has 0 saturated carbocycles. The number of anilines is 1. The van der Waals surface area contributed by atoms with E-state index in [9.17, 15) is 4.79 Å². The van der Waals surface area contributed by atoms with E-state index < -0.39 is 0 Å². The molecule has 4 nitrogen and oxygen atoms in total. The van der Waals surface area contributed by atoms with Crippen molar-refractivity contribution in [2.24, 2.45) is 5.92 Å². The van der Waals surface area contributed by atoms with E-state index >= 15 is 0 Å². The van der Waals surface area contributed by atoms with Crippen molar-refractivity contribution >= 4 is 5.69 Å². The van der Waals surface area contributed by atoms with Crippen molar-refractivity contribution in [3.8, 4) is 0 Å². The molecule has 0 radical (unpaired) electrons. The minimum atomic E-state index is 0.0400. The van der Waals surface area contributed by atoms with Crippen LogP contribution in [0.15, 0.2) is 17.1 Å². The van der Waals surface area contributed by atoms with Crippen molar-refractivity contribution in [1.82, 2.24) is 4.57 Å². The number of nitrogen functional groups attached to an aromatic ring is 1. The zero-order chi connectivity index (χ0) is 11.5. The minimum absolute atomic E-state index is 0.0400. The van der Waals surface area contributed by atoms with Crippen molar-refractivity contribution in [2.45, 2.75) is 26.3 Å². The van der Waals surface area contributed by atoms with E-state index in [1.54, 1.807) is 16.8 Å². The summed E-state index contributed by atoms with van der Waals surface area (Å²) >= 11 is 0. The van der Waals surface area contributed by atoms with Crippen LogP contribution in [0.5, 0.6) is 0 Å². The van der Waals surface area contributed by atoms with Gasteiger partial charge in [0.1, 0.15) is 0 Å². The number of nitrogens with two attached hydrogens (primary N) is 1. The van der Waals surface area contributed by atoms with Crippen LogP contribution in [0, 0.1) is 12.8 Å². The van der Waals surface area contributed by atoms with Gasteiger partial charge in [0.25, 0.3) is 5.56 Å². The van der Waals surface area contributed by atoms with Crippen LogP contribution < -0.4 is 11.3 Å². The van der Waals surface area contributed by atoms with Gasteiger partial charge in [-0.05, 0) is 31.2 Å². The van der Waals surface area contributed by atoms with Gasteiger partial charge in [0.2, 0.25) is 0 Å². The summed E-state index contributed by atoms with van der Waals surface area (Å²) in [6.07, 6.45) is 3.81. The van der Waals surface area contributed by atoms with Gasteiger partial charge < -0.3 is 15.0 Å². The van der Waals surface area contributed by atoms with Crippen molar-refractivity contribution in [1.29, 1.82) is 0 Å². The molecule has 0 atom stereocenters. The van der Waals surface area contributed by atoms with Crippen LogP contribution in [-0.2, 0) is 11.3 Å². The number of aromatic nitrogens is 1. The standard InChI is InChI=1S/C12H18N2O2/c1-9-6-12(15)14(8-11(9)13)7-10-2-4-16-5-3-10/h6,8,10H,2-5,7,13H2,1H3.